The third-order valence-electron chi connectivity index (χ3n) is 7.16. The van der Waals surface area contributed by atoms with Crippen LogP contribution in [0.1, 0.15) is 58.2 Å². The molecule has 0 radical (unpaired) electrons. The molecule has 2 amide bonds. The molecule has 222 valence electrons. The largest absolute Gasteiger partial charge is 0.507 e. The molecule has 2 aromatic carbocycles. The number of nitrogens with zero attached hydrogens (tertiary/aromatic N) is 2. The molecule has 42 heavy (non-hydrogen) atoms. The number of methoxy groups -OCH3 is 1. The number of benzene rings is 2. The van der Waals surface area contributed by atoms with Crippen molar-refractivity contribution >= 4 is 46.7 Å². The maximum atomic E-state index is 14.1. The summed E-state index contributed by atoms with van der Waals surface area (Å²) in [5.41, 5.74) is 2.03. The zero-order chi connectivity index (χ0) is 31.2. The van der Waals surface area contributed by atoms with Crippen LogP contribution in [0, 0.1) is 5.92 Å². The quantitative estimate of drug-likeness (QED) is 0.384. The number of carbonyl (C=O) groups excluding carboxylic acids is 5. The second kappa shape index (κ2) is 11.2. The predicted molar refractivity (Wildman–Crippen MR) is 154 cm³/mol. The van der Waals surface area contributed by atoms with E-state index in [1.54, 1.807) is 25.1 Å². The Morgan fingerprint density at radius 1 is 0.881 bits per heavy atom. The molecule has 0 aromatic heterocycles. The van der Waals surface area contributed by atoms with Crippen LogP contribution in [0.15, 0.2) is 17.7 Å². The molecule has 12 heteroatoms. The average Bonchev–Trinajstić information content (AvgIpc) is 2.86. The number of Topliss-reactive ketones (excluding diaryl/α,β-unsaturated/α-hetero) is 1. The number of aliphatic hydroxyl groups excluding tert-OH is 1. The number of hydrogen-bond donors (Lipinski definition) is 2. The lowest BCUT2D eigenvalue weighted by Crippen LogP contribution is -2.34. The Hall–Kier alpha value is -4.87. The first-order chi connectivity index (χ1) is 19.7. The summed E-state index contributed by atoms with van der Waals surface area (Å²) >= 11 is 0. The first kappa shape index (κ1) is 30.1. The van der Waals surface area contributed by atoms with Gasteiger partial charge in [-0.1, -0.05) is 0 Å². The van der Waals surface area contributed by atoms with E-state index in [2.05, 4.69) is 5.32 Å². The van der Waals surface area contributed by atoms with E-state index in [1.807, 2.05) is 25.1 Å². The Kier molecular flexibility index (Phi) is 8.02. The van der Waals surface area contributed by atoms with Crippen molar-refractivity contribution in [2.45, 2.75) is 33.6 Å². The van der Waals surface area contributed by atoms with E-state index in [-0.39, 0.29) is 29.0 Å². The van der Waals surface area contributed by atoms with Crippen molar-refractivity contribution in [2.75, 3.05) is 45.1 Å². The fourth-order valence-corrected chi connectivity index (χ4v) is 5.76. The van der Waals surface area contributed by atoms with E-state index >= 15 is 0 Å². The van der Waals surface area contributed by atoms with Gasteiger partial charge in [0.25, 0.3) is 5.91 Å². The Morgan fingerprint density at radius 2 is 1.48 bits per heavy atom. The van der Waals surface area contributed by atoms with Gasteiger partial charge in [-0.2, -0.15) is 0 Å². The molecular weight excluding hydrogens is 546 g/mol. The van der Waals surface area contributed by atoms with Gasteiger partial charge in [-0.3, -0.25) is 29.3 Å². The number of ether oxygens (including phenoxy) is 3. The van der Waals surface area contributed by atoms with Crippen LogP contribution in [0.3, 0.4) is 0 Å². The Labute approximate surface area is 242 Å². The lowest BCUT2D eigenvalue weighted by atomic mass is 9.70. The van der Waals surface area contributed by atoms with Gasteiger partial charge in [-0.15, -0.1) is 0 Å². The maximum Gasteiger partial charge on any atom is 0.308 e. The van der Waals surface area contributed by atoms with Crippen LogP contribution in [-0.2, 0) is 27.2 Å². The van der Waals surface area contributed by atoms with Gasteiger partial charge in [0.05, 0.1) is 23.9 Å². The van der Waals surface area contributed by atoms with Crippen molar-refractivity contribution in [3.05, 3.63) is 45.5 Å². The number of imide groups is 1. The highest BCUT2D eigenvalue weighted by Crippen LogP contribution is 2.53. The van der Waals surface area contributed by atoms with Crippen LogP contribution in [0.25, 0.3) is 5.76 Å². The predicted octanol–water partition coefficient (Wildman–Crippen LogP) is 2.83. The highest BCUT2D eigenvalue weighted by molar-refractivity contribution is 6.19. The van der Waals surface area contributed by atoms with Crippen molar-refractivity contribution in [1.29, 1.82) is 0 Å². The molecule has 0 bridgehead atoms. The number of anilines is 2. The molecule has 1 unspecified atom stereocenters. The normalized spacial score (nSPS) is 15.1. The summed E-state index contributed by atoms with van der Waals surface area (Å²) in [5.74, 6) is -5.20. The molecule has 12 nitrogen and oxygen atoms in total. The summed E-state index contributed by atoms with van der Waals surface area (Å²) in [5, 5.41) is 14.0. The molecule has 2 aliphatic carbocycles. The Bertz CT molecular complexity index is 1590. The van der Waals surface area contributed by atoms with Crippen molar-refractivity contribution < 1.29 is 43.3 Å². The molecule has 0 aliphatic heterocycles. The number of allylic oxidation sites excluding steroid dienone is 1. The minimum absolute atomic E-state index is 0.0699. The molecule has 2 aliphatic rings. The molecule has 0 fully saturated rings. The van der Waals surface area contributed by atoms with Crippen LogP contribution in [0.5, 0.6) is 17.2 Å². The number of ketones is 1. The van der Waals surface area contributed by atoms with E-state index in [1.165, 1.54) is 7.11 Å². The summed E-state index contributed by atoms with van der Waals surface area (Å²) in [7, 11) is 8.47. The molecule has 0 spiro atoms. The molecule has 0 saturated heterocycles. The topological polar surface area (TPSA) is 152 Å². The highest BCUT2D eigenvalue weighted by atomic mass is 16.5. The third-order valence-corrected chi connectivity index (χ3v) is 7.16. The summed E-state index contributed by atoms with van der Waals surface area (Å²) in [4.78, 5) is 67.5. The van der Waals surface area contributed by atoms with E-state index in [4.69, 9.17) is 14.2 Å². The lowest BCUT2D eigenvalue weighted by molar-refractivity contribution is -0.132. The fraction of sp³-hybridized carbons (Fsp3) is 0.367. The number of hydrogen-bond acceptors (Lipinski definition) is 11. The number of esters is 2. The van der Waals surface area contributed by atoms with Gasteiger partial charge in [0.2, 0.25) is 5.91 Å². The average molecular weight is 580 g/mol. The number of fused-ring (bicyclic) bond motifs is 3. The molecule has 2 aromatic rings. The fourth-order valence-electron chi connectivity index (χ4n) is 5.76. The smallest absolute Gasteiger partial charge is 0.308 e. The number of rotatable bonds is 6. The van der Waals surface area contributed by atoms with Gasteiger partial charge in [0.1, 0.15) is 17.1 Å². The number of amides is 2. The Balaban J connectivity index is 2.15. The van der Waals surface area contributed by atoms with Crippen molar-refractivity contribution in [3.63, 3.8) is 0 Å². The number of carbonyl (C=O) groups is 5. The van der Waals surface area contributed by atoms with E-state index < -0.39 is 52.5 Å². The second-order valence-electron chi connectivity index (χ2n) is 10.6. The highest BCUT2D eigenvalue weighted by Gasteiger charge is 2.44. The van der Waals surface area contributed by atoms with Crippen LogP contribution in [0.4, 0.5) is 11.4 Å². The van der Waals surface area contributed by atoms with Gasteiger partial charge >= 0.3 is 11.9 Å². The van der Waals surface area contributed by atoms with Crippen molar-refractivity contribution in [3.8, 4) is 17.2 Å². The first-order valence-electron chi connectivity index (χ1n) is 13.1. The summed E-state index contributed by atoms with van der Waals surface area (Å²) in [6.07, 6.45) is 0.518. The van der Waals surface area contributed by atoms with Gasteiger partial charge in [-0.05, 0) is 42.0 Å². The second-order valence-corrected chi connectivity index (χ2v) is 10.6. The molecule has 0 heterocycles. The zero-order valence-corrected chi connectivity index (χ0v) is 24.8. The SMILES string of the molecule is COc1ccc(N(C)C)c2c1C(=O)C1=C(O)c3c(c(N(C)C)c(OC(C)=O)c(C(=O)NC(C)=O)c3OC(C)=O)CC1C2. The maximum absolute atomic E-state index is 14.1. The minimum atomic E-state index is -1.03. The molecule has 0 saturated carbocycles. The monoisotopic (exact) mass is 579 g/mol. The van der Waals surface area contributed by atoms with Crippen LogP contribution in [0.2, 0.25) is 0 Å². The summed E-state index contributed by atoms with van der Waals surface area (Å²) in [6.45, 7) is 3.34. The van der Waals surface area contributed by atoms with Crippen LogP contribution in [-0.4, -0.2) is 69.9 Å². The molecule has 2 N–H and O–H groups in total. The Morgan fingerprint density at radius 3 is 2.00 bits per heavy atom. The summed E-state index contributed by atoms with van der Waals surface area (Å²) < 4.78 is 16.5. The van der Waals surface area contributed by atoms with Gasteiger partial charge < -0.3 is 29.1 Å². The third kappa shape index (κ3) is 5.04. The van der Waals surface area contributed by atoms with E-state index in [0.29, 0.717) is 23.3 Å². The first-order valence-corrected chi connectivity index (χ1v) is 13.1. The summed E-state index contributed by atoms with van der Waals surface area (Å²) in [6, 6.07) is 3.55. The number of nitrogens with one attached hydrogen (secondary N) is 1. The van der Waals surface area contributed by atoms with Crippen LogP contribution < -0.4 is 29.3 Å². The molecule has 1 atom stereocenters. The van der Waals surface area contributed by atoms with Gasteiger partial charge in [0.15, 0.2) is 17.3 Å². The minimum Gasteiger partial charge on any atom is -0.507 e. The van der Waals surface area contributed by atoms with Crippen molar-refractivity contribution in [2.24, 2.45) is 5.92 Å². The van der Waals surface area contributed by atoms with Crippen molar-refractivity contribution in [1.82, 2.24) is 5.32 Å². The zero-order valence-electron chi connectivity index (χ0n) is 24.8. The standard InChI is InChI=1S/C30H33N3O9/c1-13(34)31-30(39)24-28(41-14(2)35)23-18(25(33(6)7)29(24)42-15(3)36)12-16-11-17-19(32(4)5)9-10-20(40-8)22(17)26(37)21(16)27(23)38/h9-10,16,38H,11-12H2,1-8H3,(H,31,34,39). The van der Waals surface area contributed by atoms with Gasteiger partial charge in [-0.25, -0.2) is 0 Å². The van der Waals surface area contributed by atoms with E-state index in [0.717, 1.165) is 32.0 Å². The van der Waals surface area contributed by atoms with Gasteiger partial charge in [0, 0.05) is 60.2 Å². The lowest BCUT2D eigenvalue weighted by Gasteiger charge is -2.37. The van der Waals surface area contributed by atoms with Crippen LogP contribution >= 0.6 is 0 Å². The number of aliphatic hydroxyl groups is 1. The van der Waals surface area contributed by atoms with E-state index in [9.17, 15) is 29.1 Å². The molecule has 4 rings (SSSR count). The molecular formula is C30H33N3O9.